The fourth-order valence-electron chi connectivity index (χ4n) is 1.48. The Bertz CT molecular complexity index is 520. The number of carbonyl (C=O) groups excluding carboxylic acids is 1. The normalized spacial score (nSPS) is 10.2. The van der Waals surface area contributed by atoms with E-state index >= 15 is 0 Å². The summed E-state index contributed by atoms with van der Waals surface area (Å²) in [4.78, 5) is 12.9. The van der Waals surface area contributed by atoms with Crippen LogP contribution in [0.1, 0.15) is 20.8 Å². The van der Waals surface area contributed by atoms with Gasteiger partial charge in [-0.05, 0) is 36.1 Å². The predicted molar refractivity (Wildman–Crippen MR) is 69.0 cm³/mol. The second kappa shape index (κ2) is 5.01. The van der Waals surface area contributed by atoms with E-state index in [0.29, 0.717) is 17.9 Å². The molecular formula is C13H13NO2S. The molecule has 17 heavy (non-hydrogen) atoms. The van der Waals surface area contributed by atoms with Crippen LogP contribution in [0.4, 0.5) is 5.69 Å². The Morgan fingerprint density at radius 3 is 2.88 bits per heavy atom. The molecular weight excluding hydrogens is 234 g/mol. The average molecular weight is 247 g/mol. The highest BCUT2D eigenvalue weighted by molar-refractivity contribution is 7.09. The summed E-state index contributed by atoms with van der Waals surface area (Å²) in [5.74, 6) is -0.330. The number of hydrogen-bond donors (Lipinski definition) is 1. The van der Waals surface area contributed by atoms with Crippen LogP contribution in [-0.4, -0.2) is 5.97 Å². The molecule has 0 saturated heterocycles. The zero-order valence-electron chi connectivity index (χ0n) is 9.47. The van der Waals surface area contributed by atoms with Gasteiger partial charge in [-0.1, -0.05) is 12.1 Å². The molecule has 0 bridgehead atoms. The van der Waals surface area contributed by atoms with E-state index < -0.39 is 0 Å². The molecule has 0 spiro atoms. The third kappa shape index (κ3) is 2.65. The Morgan fingerprint density at radius 2 is 2.18 bits per heavy atom. The molecule has 1 aromatic heterocycles. The fourth-order valence-corrected chi connectivity index (χ4v) is 2.10. The topological polar surface area (TPSA) is 52.3 Å². The summed E-state index contributed by atoms with van der Waals surface area (Å²) in [6.07, 6.45) is 0. The minimum atomic E-state index is -0.330. The number of anilines is 1. The van der Waals surface area contributed by atoms with Gasteiger partial charge in [-0.15, -0.1) is 11.3 Å². The number of benzene rings is 1. The number of thiophene rings is 1. The standard InChI is InChI=1S/C13H13NO2S/c1-9-11(5-2-6-12(9)14)13(15)16-8-10-4-3-7-17-10/h2-7H,8,14H2,1H3. The number of rotatable bonds is 3. The molecule has 0 aliphatic heterocycles. The highest BCUT2D eigenvalue weighted by Crippen LogP contribution is 2.17. The third-order valence-corrected chi connectivity index (χ3v) is 3.37. The largest absolute Gasteiger partial charge is 0.456 e. The number of nitrogens with two attached hydrogens (primary N) is 1. The van der Waals surface area contributed by atoms with E-state index in [-0.39, 0.29) is 5.97 Å². The summed E-state index contributed by atoms with van der Waals surface area (Å²) in [6, 6.07) is 9.11. The number of esters is 1. The van der Waals surface area contributed by atoms with Gasteiger partial charge in [0.1, 0.15) is 6.61 Å². The van der Waals surface area contributed by atoms with Crippen molar-refractivity contribution in [1.29, 1.82) is 0 Å². The maximum atomic E-state index is 11.8. The molecule has 2 N–H and O–H groups in total. The molecule has 3 nitrogen and oxygen atoms in total. The molecule has 0 unspecified atom stereocenters. The molecule has 88 valence electrons. The third-order valence-electron chi connectivity index (χ3n) is 2.52. The Balaban J connectivity index is 2.07. The lowest BCUT2D eigenvalue weighted by molar-refractivity contribution is 0.0476. The highest BCUT2D eigenvalue weighted by atomic mass is 32.1. The van der Waals surface area contributed by atoms with Crippen molar-refractivity contribution in [1.82, 2.24) is 0 Å². The maximum Gasteiger partial charge on any atom is 0.338 e. The molecule has 0 aliphatic carbocycles. The van der Waals surface area contributed by atoms with E-state index in [2.05, 4.69) is 0 Å². The van der Waals surface area contributed by atoms with Gasteiger partial charge in [0.05, 0.1) is 5.56 Å². The van der Waals surface area contributed by atoms with Crippen LogP contribution in [0.25, 0.3) is 0 Å². The van der Waals surface area contributed by atoms with Crippen molar-refractivity contribution in [2.75, 3.05) is 5.73 Å². The van der Waals surface area contributed by atoms with Crippen LogP contribution in [0.3, 0.4) is 0 Å². The number of nitrogen functional groups attached to an aromatic ring is 1. The summed E-state index contributed by atoms with van der Waals surface area (Å²) in [5.41, 5.74) is 7.65. The van der Waals surface area contributed by atoms with E-state index in [1.165, 1.54) is 0 Å². The van der Waals surface area contributed by atoms with Crippen LogP contribution >= 0.6 is 11.3 Å². The van der Waals surface area contributed by atoms with Gasteiger partial charge in [0.2, 0.25) is 0 Å². The minimum Gasteiger partial charge on any atom is -0.456 e. The minimum absolute atomic E-state index is 0.310. The summed E-state index contributed by atoms with van der Waals surface area (Å²) >= 11 is 1.57. The van der Waals surface area contributed by atoms with Crippen LogP contribution in [0.5, 0.6) is 0 Å². The van der Waals surface area contributed by atoms with Gasteiger partial charge in [0.15, 0.2) is 0 Å². The van der Waals surface area contributed by atoms with Crippen molar-refractivity contribution in [3.8, 4) is 0 Å². The Labute approximate surface area is 104 Å². The number of hydrogen-bond acceptors (Lipinski definition) is 4. The summed E-state index contributed by atoms with van der Waals surface area (Å²) in [6.45, 7) is 2.13. The molecule has 2 aromatic rings. The van der Waals surface area contributed by atoms with E-state index in [9.17, 15) is 4.79 Å². The monoisotopic (exact) mass is 247 g/mol. The first-order valence-corrected chi connectivity index (χ1v) is 6.11. The van der Waals surface area contributed by atoms with Gasteiger partial charge < -0.3 is 10.5 Å². The van der Waals surface area contributed by atoms with Crippen LogP contribution in [0.15, 0.2) is 35.7 Å². The van der Waals surface area contributed by atoms with E-state index in [1.807, 2.05) is 24.4 Å². The molecule has 0 fully saturated rings. The van der Waals surface area contributed by atoms with Gasteiger partial charge in [-0.2, -0.15) is 0 Å². The zero-order chi connectivity index (χ0) is 12.3. The molecule has 0 atom stereocenters. The van der Waals surface area contributed by atoms with Crippen LogP contribution in [0.2, 0.25) is 0 Å². The van der Waals surface area contributed by atoms with Gasteiger partial charge >= 0.3 is 5.97 Å². The molecule has 0 saturated carbocycles. The maximum absolute atomic E-state index is 11.8. The first-order chi connectivity index (χ1) is 8.18. The quantitative estimate of drug-likeness (QED) is 0.670. The van der Waals surface area contributed by atoms with Gasteiger partial charge in [-0.25, -0.2) is 4.79 Å². The molecule has 1 aromatic carbocycles. The molecule has 0 radical (unpaired) electrons. The van der Waals surface area contributed by atoms with Crippen molar-refractivity contribution in [2.45, 2.75) is 13.5 Å². The number of ether oxygens (including phenoxy) is 1. The first kappa shape index (κ1) is 11.7. The fraction of sp³-hybridized carbons (Fsp3) is 0.154. The molecule has 0 amide bonds. The van der Waals surface area contributed by atoms with Crippen molar-refractivity contribution >= 4 is 23.0 Å². The van der Waals surface area contributed by atoms with Crippen molar-refractivity contribution in [3.63, 3.8) is 0 Å². The first-order valence-electron chi connectivity index (χ1n) is 5.23. The van der Waals surface area contributed by atoms with E-state index in [1.54, 1.807) is 29.5 Å². The Morgan fingerprint density at radius 1 is 1.35 bits per heavy atom. The van der Waals surface area contributed by atoms with Crippen LogP contribution in [-0.2, 0) is 11.3 Å². The Hall–Kier alpha value is -1.81. The zero-order valence-corrected chi connectivity index (χ0v) is 10.3. The molecule has 0 aliphatic rings. The average Bonchev–Trinajstić information content (AvgIpc) is 2.82. The van der Waals surface area contributed by atoms with Crippen molar-refractivity contribution in [2.24, 2.45) is 0 Å². The lowest BCUT2D eigenvalue weighted by Gasteiger charge is -2.07. The number of carbonyl (C=O) groups is 1. The summed E-state index contributed by atoms with van der Waals surface area (Å²) in [5, 5.41) is 1.95. The Kier molecular flexibility index (Phi) is 3.44. The summed E-state index contributed by atoms with van der Waals surface area (Å²) < 4.78 is 5.22. The SMILES string of the molecule is Cc1c(N)cccc1C(=O)OCc1cccs1. The van der Waals surface area contributed by atoms with Crippen LogP contribution < -0.4 is 5.73 Å². The van der Waals surface area contributed by atoms with Crippen LogP contribution in [0, 0.1) is 6.92 Å². The van der Waals surface area contributed by atoms with Gasteiger partial charge in [0, 0.05) is 10.6 Å². The van der Waals surface area contributed by atoms with Gasteiger partial charge in [0.25, 0.3) is 0 Å². The second-order valence-corrected chi connectivity index (χ2v) is 4.71. The predicted octanol–water partition coefficient (Wildman–Crippen LogP) is 3.00. The molecule has 2 rings (SSSR count). The molecule has 4 heteroatoms. The van der Waals surface area contributed by atoms with Crippen molar-refractivity contribution in [3.05, 3.63) is 51.7 Å². The lowest BCUT2D eigenvalue weighted by atomic mass is 10.1. The van der Waals surface area contributed by atoms with E-state index in [4.69, 9.17) is 10.5 Å². The second-order valence-electron chi connectivity index (χ2n) is 3.68. The summed E-state index contributed by atoms with van der Waals surface area (Å²) in [7, 11) is 0. The van der Waals surface area contributed by atoms with Crippen molar-refractivity contribution < 1.29 is 9.53 Å². The molecule has 1 heterocycles. The van der Waals surface area contributed by atoms with Gasteiger partial charge in [-0.3, -0.25) is 0 Å². The lowest BCUT2D eigenvalue weighted by Crippen LogP contribution is -2.07. The van der Waals surface area contributed by atoms with E-state index in [0.717, 1.165) is 10.4 Å². The highest BCUT2D eigenvalue weighted by Gasteiger charge is 2.12. The smallest absolute Gasteiger partial charge is 0.338 e.